The molecule has 0 aliphatic rings. The zero-order chi connectivity index (χ0) is 16.8. The molecule has 4 N–H and O–H groups in total. The summed E-state index contributed by atoms with van der Waals surface area (Å²) in [7, 11) is -3.69. The molecule has 0 heterocycles. The molecule has 1 aromatic carbocycles. The molecule has 0 radical (unpaired) electrons. The first kappa shape index (κ1) is 18.1. The second kappa shape index (κ2) is 7.90. The molecule has 0 unspecified atom stereocenters. The smallest absolute Gasteiger partial charge is 0.239 e. The molecule has 7 nitrogen and oxygen atoms in total. The minimum Gasteiger partial charge on any atom is -0.354 e. The van der Waals surface area contributed by atoms with Crippen molar-refractivity contribution < 1.29 is 18.0 Å². The lowest BCUT2D eigenvalue weighted by Crippen LogP contribution is -2.39. The molecule has 0 spiro atoms. The second-order valence-corrected chi connectivity index (χ2v) is 6.72. The lowest BCUT2D eigenvalue weighted by molar-refractivity contribution is -0.127. The molecule has 122 valence electrons. The van der Waals surface area contributed by atoms with Gasteiger partial charge in [0.1, 0.15) is 0 Å². The molecule has 0 saturated heterocycles. The van der Waals surface area contributed by atoms with E-state index in [4.69, 9.17) is 5.14 Å². The number of sulfonamides is 1. The number of benzene rings is 1. The van der Waals surface area contributed by atoms with Crippen LogP contribution < -0.4 is 15.8 Å². The average molecular weight is 327 g/mol. The molecule has 22 heavy (non-hydrogen) atoms. The molecule has 0 aromatic heterocycles. The van der Waals surface area contributed by atoms with Crippen LogP contribution in [0.3, 0.4) is 0 Å². The quantitative estimate of drug-likeness (QED) is 0.640. The van der Waals surface area contributed by atoms with Crippen LogP contribution in [0, 0.1) is 5.92 Å². The Morgan fingerprint density at radius 2 is 1.73 bits per heavy atom. The predicted octanol–water partition coefficient (Wildman–Crippen LogP) is -0.235. The Morgan fingerprint density at radius 1 is 1.14 bits per heavy atom. The summed E-state index contributed by atoms with van der Waals surface area (Å²) < 4.78 is 22.2. The van der Waals surface area contributed by atoms with E-state index in [2.05, 4.69) is 10.6 Å². The topological polar surface area (TPSA) is 118 Å². The van der Waals surface area contributed by atoms with Gasteiger partial charge in [-0.15, -0.1) is 0 Å². The molecule has 8 heteroatoms. The van der Waals surface area contributed by atoms with Gasteiger partial charge in [0.2, 0.25) is 21.8 Å². The summed E-state index contributed by atoms with van der Waals surface area (Å²) >= 11 is 0. The van der Waals surface area contributed by atoms with E-state index >= 15 is 0 Å². The Hall–Kier alpha value is -1.93. The van der Waals surface area contributed by atoms with E-state index in [0.717, 1.165) is 5.56 Å². The maximum absolute atomic E-state index is 11.5. The molecule has 2 amide bonds. The molecule has 1 rings (SSSR count). The van der Waals surface area contributed by atoms with Crippen LogP contribution in [0.5, 0.6) is 0 Å². The molecule has 0 saturated carbocycles. The first-order valence-corrected chi connectivity index (χ1v) is 8.41. The van der Waals surface area contributed by atoms with Crippen LogP contribution in [-0.4, -0.2) is 33.3 Å². The average Bonchev–Trinajstić information content (AvgIpc) is 2.44. The Morgan fingerprint density at radius 3 is 2.23 bits per heavy atom. The van der Waals surface area contributed by atoms with Gasteiger partial charge in [-0.25, -0.2) is 13.6 Å². The Labute approximate surface area is 130 Å². The summed E-state index contributed by atoms with van der Waals surface area (Å²) in [4.78, 5) is 22.9. The lowest BCUT2D eigenvalue weighted by Gasteiger charge is -2.08. The van der Waals surface area contributed by atoms with Gasteiger partial charge in [-0.05, 0) is 24.1 Å². The molecule has 0 atom stereocenters. The van der Waals surface area contributed by atoms with Crippen LogP contribution in [-0.2, 0) is 26.0 Å². The van der Waals surface area contributed by atoms with Gasteiger partial charge in [-0.3, -0.25) is 9.59 Å². The molecular weight excluding hydrogens is 306 g/mol. The van der Waals surface area contributed by atoms with Crippen molar-refractivity contribution in [2.75, 3.05) is 13.1 Å². The van der Waals surface area contributed by atoms with Crippen molar-refractivity contribution in [2.45, 2.75) is 25.2 Å². The first-order chi connectivity index (χ1) is 10.2. The summed E-state index contributed by atoms with van der Waals surface area (Å²) in [6, 6.07) is 6.14. The Balaban J connectivity index is 2.35. The van der Waals surface area contributed by atoms with E-state index in [1.165, 1.54) is 12.1 Å². The van der Waals surface area contributed by atoms with Crippen molar-refractivity contribution >= 4 is 21.8 Å². The summed E-state index contributed by atoms with van der Waals surface area (Å²) in [6.07, 6.45) is 0.550. The molecule has 0 bridgehead atoms. The molecule has 0 fully saturated rings. The zero-order valence-corrected chi connectivity index (χ0v) is 13.4. The van der Waals surface area contributed by atoms with Crippen molar-refractivity contribution in [2.24, 2.45) is 11.1 Å². The number of nitrogens with two attached hydrogens (primary N) is 1. The fourth-order valence-corrected chi connectivity index (χ4v) is 2.14. The van der Waals surface area contributed by atoms with Gasteiger partial charge < -0.3 is 10.6 Å². The minimum absolute atomic E-state index is 0.0525. The van der Waals surface area contributed by atoms with Crippen molar-refractivity contribution in [1.82, 2.24) is 10.6 Å². The van der Waals surface area contributed by atoms with Crippen LogP contribution in [0.2, 0.25) is 0 Å². The number of primary sulfonamides is 1. The summed E-state index contributed by atoms with van der Waals surface area (Å²) in [5.74, 6) is -0.603. The van der Waals surface area contributed by atoms with Crippen molar-refractivity contribution in [3.8, 4) is 0 Å². The minimum atomic E-state index is -3.69. The molecular formula is C14H21N3O4S. The second-order valence-electron chi connectivity index (χ2n) is 5.16. The van der Waals surface area contributed by atoms with Gasteiger partial charge in [-0.1, -0.05) is 26.0 Å². The van der Waals surface area contributed by atoms with E-state index in [1.807, 2.05) is 0 Å². The number of carbonyl (C=O) groups is 2. The van der Waals surface area contributed by atoms with E-state index in [0.29, 0.717) is 13.0 Å². The number of hydrogen-bond acceptors (Lipinski definition) is 4. The summed E-state index contributed by atoms with van der Waals surface area (Å²) in [5.41, 5.74) is 0.874. The standard InChI is InChI=1S/C14H21N3O4S/c1-10(2)14(19)17-9-13(18)16-8-7-11-3-5-12(6-4-11)22(15,20)21/h3-6,10H,7-9H2,1-2H3,(H,16,18)(H,17,19)(H2,15,20,21). The third kappa shape index (κ3) is 6.23. The fourth-order valence-electron chi connectivity index (χ4n) is 1.63. The summed E-state index contributed by atoms with van der Waals surface area (Å²) in [5, 5.41) is 10.2. The highest BCUT2D eigenvalue weighted by Crippen LogP contribution is 2.08. The molecule has 0 aliphatic carbocycles. The summed E-state index contributed by atoms with van der Waals surface area (Å²) in [6.45, 7) is 3.84. The van der Waals surface area contributed by atoms with Gasteiger partial charge in [-0.2, -0.15) is 0 Å². The highest BCUT2D eigenvalue weighted by molar-refractivity contribution is 7.89. The van der Waals surface area contributed by atoms with Crippen molar-refractivity contribution in [3.63, 3.8) is 0 Å². The fraction of sp³-hybridized carbons (Fsp3) is 0.429. The van der Waals surface area contributed by atoms with Gasteiger partial charge in [0.25, 0.3) is 0 Å². The van der Waals surface area contributed by atoms with Crippen LogP contribution in [0.1, 0.15) is 19.4 Å². The number of hydrogen-bond donors (Lipinski definition) is 3. The largest absolute Gasteiger partial charge is 0.354 e. The van der Waals surface area contributed by atoms with Crippen LogP contribution in [0.4, 0.5) is 0 Å². The lowest BCUT2D eigenvalue weighted by atomic mass is 10.1. The first-order valence-electron chi connectivity index (χ1n) is 6.86. The third-order valence-electron chi connectivity index (χ3n) is 2.94. The third-order valence-corrected chi connectivity index (χ3v) is 3.86. The number of rotatable bonds is 7. The predicted molar refractivity (Wildman–Crippen MR) is 82.4 cm³/mol. The van der Waals surface area contributed by atoms with Gasteiger partial charge in [0, 0.05) is 12.5 Å². The number of amides is 2. The highest BCUT2D eigenvalue weighted by atomic mass is 32.2. The van der Waals surface area contributed by atoms with E-state index in [-0.39, 0.29) is 29.2 Å². The van der Waals surface area contributed by atoms with Crippen LogP contribution in [0.25, 0.3) is 0 Å². The highest BCUT2D eigenvalue weighted by Gasteiger charge is 2.09. The maximum atomic E-state index is 11.5. The maximum Gasteiger partial charge on any atom is 0.239 e. The van der Waals surface area contributed by atoms with E-state index in [1.54, 1.807) is 26.0 Å². The van der Waals surface area contributed by atoms with Crippen LogP contribution in [0.15, 0.2) is 29.2 Å². The van der Waals surface area contributed by atoms with Crippen molar-refractivity contribution in [3.05, 3.63) is 29.8 Å². The van der Waals surface area contributed by atoms with E-state index in [9.17, 15) is 18.0 Å². The van der Waals surface area contributed by atoms with Crippen molar-refractivity contribution in [1.29, 1.82) is 0 Å². The Bertz CT molecular complexity index is 624. The monoisotopic (exact) mass is 327 g/mol. The molecule has 0 aliphatic heterocycles. The number of nitrogens with one attached hydrogen (secondary N) is 2. The van der Waals surface area contributed by atoms with Crippen LogP contribution >= 0.6 is 0 Å². The SMILES string of the molecule is CC(C)C(=O)NCC(=O)NCCc1ccc(S(N)(=O)=O)cc1. The normalized spacial score (nSPS) is 11.3. The number of carbonyl (C=O) groups excluding carboxylic acids is 2. The van der Waals surface area contributed by atoms with E-state index < -0.39 is 10.0 Å². The van der Waals surface area contributed by atoms with Gasteiger partial charge in [0.05, 0.1) is 11.4 Å². The van der Waals surface area contributed by atoms with Gasteiger partial charge in [0.15, 0.2) is 0 Å². The molecule has 1 aromatic rings. The van der Waals surface area contributed by atoms with Gasteiger partial charge >= 0.3 is 0 Å². The Kier molecular flexibility index (Phi) is 6.51. The zero-order valence-electron chi connectivity index (χ0n) is 12.6.